The summed E-state index contributed by atoms with van der Waals surface area (Å²) in [5.41, 5.74) is 0.375. The lowest BCUT2D eigenvalue weighted by atomic mass is 10.3. The molecule has 0 radical (unpaired) electrons. The van der Waals surface area contributed by atoms with E-state index in [9.17, 15) is 9.59 Å². The molecule has 0 fully saturated rings. The highest BCUT2D eigenvalue weighted by Crippen LogP contribution is 2.14. The fourth-order valence-electron chi connectivity index (χ4n) is 2.08. The summed E-state index contributed by atoms with van der Waals surface area (Å²) >= 11 is 0. The normalized spacial score (nSPS) is 13.3. The first-order valence-electron chi connectivity index (χ1n) is 6.95. The molecule has 1 aromatic rings. The summed E-state index contributed by atoms with van der Waals surface area (Å²) in [5, 5.41) is 5.90. The van der Waals surface area contributed by atoms with Crippen molar-refractivity contribution in [3.63, 3.8) is 0 Å². The van der Waals surface area contributed by atoms with Crippen LogP contribution < -0.4 is 10.6 Å². The number of amides is 2. The molecule has 2 N–H and O–H groups in total. The zero-order valence-electron chi connectivity index (χ0n) is 12.0. The van der Waals surface area contributed by atoms with E-state index in [2.05, 4.69) is 15.6 Å². The van der Waals surface area contributed by atoms with Crippen molar-refractivity contribution in [1.82, 2.24) is 19.8 Å². The summed E-state index contributed by atoms with van der Waals surface area (Å²) in [5.74, 6) is 0.341. The monoisotopic (exact) mass is 279 g/mol. The van der Waals surface area contributed by atoms with Crippen molar-refractivity contribution in [3.05, 3.63) is 11.9 Å². The van der Waals surface area contributed by atoms with Crippen LogP contribution in [-0.2, 0) is 11.3 Å². The van der Waals surface area contributed by atoms with Crippen LogP contribution in [0.1, 0.15) is 30.3 Å². The Balaban J connectivity index is 1.96. The van der Waals surface area contributed by atoms with Crippen LogP contribution in [0.25, 0.3) is 0 Å². The molecule has 0 atom stereocenters. The molecule has 2 amide bonds. The Morgan fingerprint density at radius 1 is 1.55 bits per heavy atom. The summed E-state index contributed by atoms with van der Waals surface area (Å²) in [6, 6.07) is 0. The smallest absolute Gasteiger partial charge is 0.274 e. The molecule has 7 nitrogen and oxygen atoms in total. The van der Waals surface area contributed by atoms with Gasteiger partial charge in [-0.2, -0.15) is 0 Å². The van der Waals surface area contributed by atoms with Gasteiger partial charge in [0.05, 0.1) is 6.54 Å². The van der Waals surface area contributed by atoms with E-state index in [4.69, 9.17) is 0 Å². The average molecular weight is 279 g/mol. The van der Waals surface area contributed by atoms with Gasteiger partial charge in [0.15, 0.2) is 0 Å². The predicted molar refractivity (Wildman–Crippen MR) is 75.6 cm³/mol. The second kappa shape index (κ2) is 6.40. The van der Waals surface area contributed by atoms with E-state index < -0.39 is 0 Å². The van der Waals surface area contributed by atoms with Gasteiger partial charge in [-0.05, 0) is 12.8 Å². The van der Waals surface area contributed by atoms with Gasteiger partial charge >= 0.3 is 0 Å². The minimum absolute atomic E-state index is 0.0501. The highest BCUT2D eigenvalue weighted by Gasteiger charge is 2.20. The SMILES string of the molecule is CCCNC(=O)CN(C)C(=O)c1cn2c(n1)NCCC2. The van der Waals surface area contributed by atoms with Crippen LogP contribution in [-0.4, -0.2) is 52.9 Å². The van der Waals surface area contributed by atoms with Crippen LogP contribution in [0.3, 0.4) is 0 Å². The molecular formula is C13H21N5O2. The van der Waals surface area contributed by atoms with Gasteiger partial charge in [-0.3, -0.25) is 9.59 Å². The van der Waals surface area contributed by atoms with Crippen molar-refractivity contribution in [2.45, 2.75) is 26.3 Å². The third-order valence-electron chi connectivity index (χ3n) is 3.15. The molecule has 0 bridgehead atoms. The van der Waals surface area contributed by atoms with E-state index in [1.807, 2.05) is 11.5 Å². The Hall–Kier alpha value is -2.05. The number of nitrogens with one attached hydrogen (secondary N) is 2. The first-order chi connectivity index (χ1) is 9.61. The van der Waals surface area contributed by atoms with Crippen molar-refractivity contribution in [2.24, 2.45) is 0 Å². The van der Waals surface area contributed by atoms with Crippen molar-refractivity contribution in [1.29, 1.82) is 0 Å². The average Bonchev–Trinajstić information content (AvgIpc) is 2.87. The largest absolute Gasteiger partial charge is 0.356 e. The second-order valence-electron chi connectivity index (χ2n) is 4.93. The third-order valence-corrected chi connectivity index (χ3v) is 3.15. The molecule has 0 spiro atoms. The van der Waals surface area contributed by atoms with E-state index in [1.54, 1.807) is 13.2 Å². The van der Waals surface area contributed by atoms with Gasteiger partial charge < -0.3 is 20.1 Å². The maximum absolute atomic E-state index is 12.2. The number of carbonyl (C=O) groups excluding carboxylic acids is 2. The molecular weight excluding hydrogens is 258 g/mol. The third kappa shape index (κ3) is 3.28. The molecule has 0 saturated heterocycles. The predicted octanol–water partition coefficient (Wildman–Crippen LogP) is 0.297. The fourth-order valence-corrected chi connectivity index (χ4v) is 2.08. The number of anilines is 1. The lowest BCUT2D eigenvalue weighted by Gasteiger charge is -2.15. The highest BCUT2D eigenvalue weighted by atomic mass is 16.2. The summed E-state index contributed by atoms with van der Waals surface area (Å²) in [6.07, 6.45) is 3.64. The standard InChI is InChI=1S/C13H21N5O2/c1-3-5-14-11(19)9-17(2)12(20)10-8-18-7-4-6-15-13(18)16-10/h8H,3-7,9H2,1-2H3,(H,14,19)(H,15,16). The first kappa shape index (κ1) is 14.4. The molecule has 0 aromatic carbocycles. The molecule has 7 heteroatoms. The molecule has 1 aliphatic heterocycles. The van der Waals surface area contributed by atoms with Gasteiger partial charge in [-0.1, -0.05) is 6.92 Å². The van der Waals surface area contributed by atoms with Gasteiger partial charge in [0.25, 0.3) is 5.91 Å². The van der Waals surface area contributed by atoms with Gasteiger partial charge in [0, 0.05) is 32.9 Å². The van der Waals surface area contributed by atoms with E-state index in [1.165, 1.54) is 4.90 Å². The van der Waals surface area contributed by atoms with Crippen LogP contribution in [0.2, 0.25) is 0 Å². The van der Waals surface area contributed by atoms with E-state index in [0.29, 0.717) is 12.2 Å². The summed E-state index contributed by atoms with van der Waals surface area (Å²) in [6.45, 7) is 4.40. The molecule has 1 aliphatic rings. The number of carbonyl (C=O) groups is 2. The van der Waals surface area contributed by atoms with Crippen LogP contribution in [0.5, 0.6) is 0 Å². The Bertz CT molecular complexity index is 473. The molecule has 2 heterocycles. The number of hydrogen-bond acceptors (Lipinski definition) is 4. The van der Waals surface area contributed by atoms with Crippen LogP contribution in [0, 0.1) is 0 Å². The highest BCUT2D eigenvalue weighted by molar-refractivity contribution is 5.95. The number of aromatic nitrogens is 2. The molecule has 0 unspecified atom stereocenters. The summed E-state index contributed by atoms with van der Waals surface area (Å²) < 4.78 is 1.93. The van der Waals surface area contributed by atoms with E-state index >= 15 is 0 Å². The van der Waals surface area contributed by atoms with Crippen molar-refractivity contribution >= 4 is 17.8 Å². The van der Waals surface area contributed by atoms with Crippen LogP contribution in [0.4, 0.5) is 5.95 Å². The molecule has 0 aliphatic carbocycles. The number of fused-ring (bicyclic) bond motifs is 1. The van der Waals surface area contributed by atoms with Crippen molar-refractivity contribution in [3.8, 4) is 0 Å². The number of nitrogens with zero attached hydrogens (tertiary/aromatic N) is 3. The Morgan fingerprint density at radius 2 is 2.35 bits per heavy atom. The molecule has 0 saturated carbocycles. The topological polar surface area (TPSA) is 79.3 Å². The van der Waals surface area contributed by atoms with Gasteiger partial charge in [0.1, 0.15) is 5.69 Å². The minimum atomic E-state index is -0.236. The lowest BCUT2D eigenvalue weighted by Crippen LogP contribution is -2.38. The number of aryl methyl sites for hydroxylation is 1. The molecule has 2 rings (SSSR count). The Labute approximate surface area is 118 Å². The molecule has 20 heavy (non-hydrogen) atoms. The second-order valence-corrected chi connectivity index (χ2v) is 4.93. The van der Waals surface area contributed by atoms with Gasteiger partial charge in [-0.25, -0.2) is 4.98 Å². The maximum atomic E-state index is 12.2. The summed E-state index contributed by atoms with van der Waals surface area (Å²) in [4.78, 5) is 29.5. The van der Waals surface area contributed by atoms with Crippen LogP contribution >= 0.6 is 0 Å². The van der Waals surface area contributed by atoms with Crippen LogP contribution in [0.15, 0.2) is 6.20 Å². The molecule has 1 aromatic heterocycles. The van der Waals surface area contributed by atoms with E-state index in [-0.39, 0.29) is 18.4 Å². The Kier molecular flexibility index (Phi) is 4.60. The summed E-state index contributed by atoms with van der Waals surface area (Å²) in [7, 11) is 1.61. The maximum Gasteiger partial charge on any atom is 0.274 e. The van der Waals surface area contributed by atoms with Crippen molar-refractivity contribution in [2.75, 3.05) is 32.0 Å². The number of likely N-dealkylation sites (N-methyl/N-ethyl adjacent to an activating group) is 1. The molecule has 110 valence electrons. The lowest BCUT2D eigenvalue weighted by molar-refractivity contribution is -0.121. The zero-order valence-corrected chi connectivity index (χ0v) is 12.0. The van der Waals surface area contributed by atoms with Crippen molar-refractivity contribution < 1.29 is 9.59 Å². The van der Waals surface area contributed by atoms with Gasteiger partial charge in [-0.15, -0.1) is 0 Å². The zero-order chi connectivity index (χ0) is 14.5. The minimum Gasteiger partial charge on any atom is -0.356 e. The van der Waals surface area contributed by atoms with Gasteiger partial charge in [0.2, 0.25) is 11.9 Å². The number of imidazole rings is 1. The Morgan fingerprint density at radius 3 is 3.05 bits per heavy atom. The number of hydrogen-bond donors (Lipinski definition) is 2. The fraction of sp³-hybridized carbons (Fsp3) is 0.615. The van der Waals surface area contributed by atoms with E-state index in [0.717, 1.165) is 31.9 Å². The quantitative estimate of drug-likeness (QED) is 0.812. The first-order valence-corrected chi connectivity index (χ1v) is 6.95. The number of rotatable bonds is 5.